The zero-order valence-electron chi connectivity index (χ0n) is 7.33. The van der Waals surface area contributed by atoms with Crippen LogP contribution in [0.25, 0.3) is 11.3 Å². The molecule has 0 saturated carbocycles. The van der Waals surface area contributed by atoms with E-state index in [1.807, 2.05) is 42.5 Å². The number of aromatic nitrogens is 1. The van der Waals surface area contributed by atoms with Gasteiger partial charge in [0.15, 0.2) is 0 Å². The molecule has 0 radical (unpaired) electrons. The predicted molar refractivity (Wildman–Crippen MR) is 62.1 cm³/mol. The van der Waals surface area contributed by atoms with Crippen LogP contribution < -0.4 is 0 Å². The van der Waals surface area contributed by atoms with Gasteiger partial charge in [0.25, 0.3) is 0 Å². The Kier molecular flexibility index (Phi) is 2.66. The van der Waals surface area contributed by atoms with Crippen molar-refractivity contribution in [3.8, 4) is 11.3 Å². The molecule has 14 heavy (non-hydrogen) atoms. The van der Waals surface area contributed by atoms with Crippen molar-refractivity contribution in [2.45, 2.75) is 0 Å². The average molecular weight is 222 g/mol. The lowest BCUT2D eigenvalue weighted by Crippen LogP contribution is -1.83. The van der Waals surface area contributed by atoms with Crippen LogP contribution in [0.2, 0.25) is 5.02 Å². The minimum Gasteiger partial charge on any atom is -0.346 e. The summed E-state index contributed by atoms with van der Waals surface area (Å²) in [6.07, 6.45) is 0. The van der Waals surface area contributed by atoms with Gasteiger partial charge in [-0.05, 0) is 18.2 Å². The highest BCUT2D eigenvalue weighted by atomic mass is 35.5. The lowest BCUT2D eigenvalue weighted by atomic mass is 10.1. The fraction of sp³-hybridized carbons (Fsp3) is 0. The van der Waals surface area contributed by atoms with E-state index in [0.29, 0.717) is 4.64 Å². The van der Waals surface area contributed by atoms with Gasteiger partial charge in [-0.2, -0.15) is 0 Å². The van der Waals surface area contributed by atoms with Crippen molar-refractivity contribution in [2.75, 3.05) is 0 Å². The maximum Gasteiger partial charge on any atom is 0.103 e. The normalized spacial score (nSPS) is 10.1. The van der Waals surface area contributed by atoms with E-state index in [2.05, 4.69) is 4.98 Å². The highest BCUT2D eigenvalue weighted by Gasteiger charge is 2.00. The molecular weight excluding hydrogens is 214 g/mol. The predicted octanol–water partition coefficient (Wildman–Crippen LogP) is 4.06. The topological polar surface area (TPSA) is 15.8 Å². The highest BCUT2D eigenvalue weighted by molar-refractivity contribution is 7.71. The van der Waals surface area contributed by atoms with Crippen molar-refractivity contribution in [3.63, 3.8) is 0 Å². The molecule has 1 nitrogen and oxygen atoms in total. The molecular formula is C11H8ClNS. The molecule has 0 unspecified atom stereocenters. The first-order valence-corrected chi connectivity index (χ1v) is 5.00. The summed E-state index contributed by atoms with van der Waals surface area (Å²) < 4.78 is 0.711. The van der Waals surface area contributed by atoms with Gasteiger partial charge in [-0.3, -0.25) is 0 Å². The van der Waals surface area contributed by atoms with Crippen LogP contribution in [-0.2, 0) is 0 Å². The van der Waals surface area contributed by atoms with Gasteiger partial charge >= 0.3 is 0 Å². The van der Waals surface area contributed by atoms with E-state index in [4.69, 9.17) is 23.8 Å². The second-order valence-corrected chi connectivity index (χ2v) is 3.76. The second kappa shape index (κ2) is 3.95. The first-order chi connectivity index (χ1) is 6.77. The third kappa shape index (κ3) is 1.86. The molecule has 3 heteroatoms. The fourth-order valence-electron chi connectivity index (χ4n) is 1.28. The highest BCUT2D eigenvalue weighted by Crippen LogP contribution is 2.25. The van der Waals surface area contributed by atoms with Crippen LogP contribution in [0.3, 0.4) is 0 Å². The third-order valence-electron chi connectivity index (χ3n) is 1.93. The Bertz CT molecular complexity index is 504. The molecule has 0 aliphatic heterocycles. The monoisotopic (exact) mass is 221 g/mol. The standard InChI is InChI=1S/C11H8ClNS/c12-9-5-2-1-4-8(9)10-6-3-7-11(14)13-10/h1-7H,(H,13,14). The zero-order valence-corrected chi connectivity index (χ0v) is 8.90. The summed E-state index contributed by atoms with van der Waals surface area (Å²) in [6, 6.07) is 13.4. The van der Waals surface area contributed by atoms with Gasteiger partial charge in [0.05, 0.1) is 0 Å². The van der Waals surface area contributed by atoms with Crippen molar-refractivity contribution in [1.82, 2.24) is 4.98 Å². The first-order valence-electron chi connectivity index (χ1n) is 4.21. The summed E-state index contributed by atoms with van der Waals surface area (Å²) in [7, 11) is 0. The Labute approximate surface area is 92.4 Å². The molecule has 1 aromatic heterocycles. The van der Waals surface area contributed by atoms with E-state index in [0.717, 1.165) is 16.3 Å². The molecule has 0 aliphatic carbocycles. The summed E-state index contributed by atoms with van der Waals surface area (Å²) in [5.41, 5.74) is 1.92. The van der Waals surface area contributed by atoms with Crippen LogP contribution in [-0.4, -0.2) is 4.98 Å². The number of rotatable bonds is 1. The summed E-state index contributed by atoms with van der Waals surface area (Å²) in [4.78, 5) is 3.09. The fourth-order valence-corrected chi connectivity index (χ4v) is 1.71. The minimum atomic E-state index is 0.711. The molecule has 2 rings (SSSR count). The van der Waals surface area contributed by atoms with Crippen molar-refractivity contribution in [1.29, 1.82) is 0 Å². The van der Waals surface area contributed by atoms with E-state index in [1.165, 1.54) is 0 Å². The molecule has 0 bridgehead atoms. The Morgan fingerprint density at radius 2 is 1.79 bits per heavy atom. The summed E-state index contributed by atoms with van der Waals surface area (Å²) in [6.45, 7) is 0. The molecule has 70 valence electrons. The molecule has 0 aliphatic rings. The Morgan fingerprint density at radius 1 is 1.00 bits per heavy atom. The largest absolute Gasteiger partial charge is 0.346 e. The number of hydrogen-bond donors (Lipinski definition) is 1. The molecule has 2 aromatic rings. The molecule has 1 heterocycles. The number of halogens is 1. The first kappa shape index (κ1) is 9.44. The molecule has 1 aromatic carbocycles. The van der Waals surface area contributed by atoms with Crippen LogP contribution >= 0.6 is 23.8 Å². The maximum atomic E-state index is 6.06. The van der Waals surface area contributed by atoms with Gasteiger partial charge in [0, 0.05) is 16.3 Å². The van der Waals surface area contributed by atoms with E-state index in [-0.39, 0.29) is 0 Å². The molecule has 1 N–H and O–H groups in total. The number of hydrogen-bond acceptors (Lipinski definition) is 1. The van der Waals surface area contributed by atoms with Crippen molar-refractivity contribution in [2.24, 2.45) is 0 Å². The van der Waals surface area contributed by atoms with E-state index < -0.39 is 0 Å². The summed E-state index contributed by atoms with van der Waals surface area (Å²) in [5, 5.41) is 0.726. The van der Waals surface area contributed by atoms with Gasteiger partial charge in [-0.15, -0.1) is 0 Å². The maximum absolute atomic E-state index is 6.06. The van der Waals surface area contributed by atoms with Crippen LogP contribution in [0, 0.1) is 4.64 Å². The van der Waals surface area contributed by atoms with Crippen LogP contribution in [0.4, 0.5) is 0 Å². The smallest absolute Gasteiger partial charge is 0.103 e. The van der Waals surface area contributed by atoms with E-state index >= 15 is 0 Å². The molecule has 0 atom stereocenters. The van der Waals surface area contributed by atoms with Gasteiger partial charge < -0.3 is 4.98 Å². The Hall–Kier alpha value is -1.12. The number of benzene rings is 1. The lowest BCUT2D eigenvalue weighted by Gasteiger charge is -2.03. The van der Waals surface area contributed by atoms with Crippen LogP contribution in [0.5, 0.6) is 0 Å². The SMILES string of the molecule is S=c1cccc(-c2ccccc2Cl)[nH]1. The third-order valence-corrected chi connectivity index (χ3v) is 2.50. The van der Waals surface area contributed by atoms with Crippen molar-refractivity contribution >= 4 is 23.8 Å². The van der Waals surface area contributed by atoms with Gasteiger partial charge in [-0.1, -0.05) is 48.1 Å². The number of nitrogens with one attached hydrogen (secondary N) is 1. The van der Waals surface area contributed by atoms with Gasteiger partial charge in [-0.25, -0.2) is 0 Å². The van der Waals surface area contributed by atoms with Crippen molar-refractivity contribution in [3.05, 3.63) is 52.1 Å². The molecule has 0 amide bonds. The minimum absolute atomic E-state index is 0.711. The lowest BCUT2D eigenvalue weighted by molar-refractivity contribution is 1.30. The molecule has 0 saturated heterocycles. The number of aromatic amines is 1. The molecule has 0 fully saturated rings. The van der Waals surface area contributed by atoms with Gasteiger partial charge in [0.2, 0.25) is 0 Å². The van der Waals surface area contributed by atoms with Gasteiger partial charge in [0.1, 0.15) is 4.64 Å². The summed E-state index contributed by atoms with van der Waals surface area (Å²) in [5.74, 6) is 0. The van der Waals surface area contributed by atoms with Crippen LogP contribution in [0.15, 0.2) is 42.5 Å². The summed E-state index contributed by atoms with van der Waals surface area (Å²) >= 11 is 11.1. The Balaban J connectivity index is 2.61. The average Bonchev–Trinajstić information content (AvgIpc) is 2.18. The second-order valence-electron chi connectivity index (χ2n) is 2.91. The Morgan fingerprint density at radius 3 is 2.50 bits per heavy atom. The van der Waals surface area contributed by atoms with E-state index in [9.17, 15) is 0 Å². The quantitative estimate of drug-likeness (QED) is 0.718. The van der Waals surface area contributed by atoms with Crippen molar-refractivity contribution < 1.29 is 0 Å². The number of pyridine rings is 1. The zero-order chi connectivity index (χ0) is 9.97. The van der Waals surface area contributed by atoms with Crippen LogP contribution in [0.1, 0.15) is 0 Å². The van der Waals surface area contributed by atoms with E-state index in [1.54, 1.807) is 0 Å². The number of H-pyrrole nitrogens is 1. The molecule has 0 spiro atoms.